The first-order valence-electron chi connectivity index (χ1n) is 11.5. The molecule has 1 saturated carbocycles. The number of nitrogens with one attached hydrogen (secondary N) is 1. The Balaban J connectivity index is 1.43. The smallest absolute Gasteiger partial charge is 0.229 e. The first-order valence-corrected chi connectivity index (χ1v) is 11.5. The van der Waals surface area contributed by atoms with Crippen LogP contribution in [-0.2, 0) is 13.0 Å². The average Bonchev–Trinajstić information content (AvgIpc) is 3.22. The van der Waals surface area contributed by atoms with E-state index in [1.54, 1.807) is 7.11 Å². The highest BCUT2D eigenvalue weighted by Gasteiger charge is 2.24. The van der Waals surface area contributed by atoms with E-state index in [0.717, 1.165) is 47.9 Å². The topological polar surface area (TPSA) is 68.1 Å². The molecule has 3 aromatic rings. The summed E-state index contributed by atoms with van der Waals surface area (Å²) in [5.41, 5.74) is 4.51. The Labute approximate surface area is 183 Å². The molecule has 2 aliphatic rings. The molecule has 1 aliphatic heterocycles. The molecule has 7 nitrogen and oxygen atoms in total. The number of benzene rings is 1. The average molecular weight is 421 g/mol. The third-order valence-electron chi connectivity index (χ3n) is 7.04. The summed E-state index contributed by atoms with van der Waals surface area (Å²) in [6, 6.07) is 4.76. The molecule has 164 valence electrons. The zero-order valence-electron chi connectivity index (χ0n) is 18.8. The maximum absolute atomic E-state index is 5.67. The Kier molecular flexibility index (Phi) is 5.52. The molecule has 0 atom stereocenters. The molecule has 1 aliphatic carbocycles. The molecule has 31 heavy (non-hydrogen) atoms. The molecular formula is C24H32N6O. The molecule has 0 amide bonds. The van der Waals surface area contributed by atoms with Crippen LogP contribution in [0.3, 0.4) is 0 Å². The van der Waals surface area contributed by atoms with E-state index < -0.39 is 0 Å². The van der Waals surface area contributed by atoms with Crippen molar-refractivity contribution in [2.24, 2.45) is 5.92 Å². The number of hydrogen-bond donors (Lipinski definition) is 1. The predicted molar refractivity (Wildman–Crippen MR) is 123 cm³/mol. The van der Waals surface area contributed by atoms with Gasteiger partial charge in [-0.15, -0.1) is 0 Å². The van der Waals surface area contributed by atoms with Gasteiger partial charge in [-0.3, -0.25) is 0 Å². The lowest BCUT2D eigenvalue weighted by Crippen LogP contribution is -2.26. The number of methoxy groups -OCH3 is 1. The van der Waals surface area contributed by atoms with Crippen LogP contribution in [0.25, 0.3) is 11.0 Å². The van der Waals surface area contributed by atoms with Crippen molar-refractivity contribution in [1.29, 1.82) is 0 Å². The van der Waals surface area contributed by atoms with Crippen LogP contribution in [0.1, 0.15) is 56.2 Å². The van der Waals surface area contributed by atoms with Gasteiger partial charge in [-0.25, -0.2) is 9.67 Å². The van der Waals surface area contributed by atoms with Crippen molar-refractivity contribution in [1.82, 2.24) is 24.6 Å². The zero-order valence-corrected chi connectivity index (χ0v) is 18.8. The maximum atomic E-state index is 5.67. The number of fused-ring (bicyclic) bond motifs is 2. The molecule has 0 spiro atoms. The minimum absolute atomic E-state index is 0.428. The second-order valence-corrected chi connectivity index (χ2v) is 9.08. The highest BCUT2D eigenvalue weighted by atomic mass is 16.5. The molecule has 1 aromatic carbocycles. The molecule has 0 radical (unpaired) electrons. The fraction of sp³-hybridized carbons (Fsp3) is 0.542. The number of hydrogen-bond acceptors (Lipinski definition) is 6. The lowest BCUT2D eigenvalue weighted by atomic mass is 9.84. The SMILES string of the molecule is CCC1CCC(n2ncc3cnc(Nc4cc5c(cc4OC)CCN(C)C5)nc32)CC1. The van der Waals surface area contributed by atoms with Crippen molar-refractivity contribution in [2.75, 3.05) is 26.0 Å². The van der Waals surface area contributed by atoms with Gasteiger partial charge in [0, 0.05) is 19.3 Å². The van der Waals surface area contributed by atoms with Crippen molar-refractivity contribution in [2.45, 2.75) is 58.0 Å². The molecule has 1 fully saturated rings. The summed E-state index contributed by atoms with van der Waals surface area (Å²) in [6.07, 6.45) is 11.0. The second kappa shape index (κ2) is 8.46. The van der Waals surface area contributed by atoms with Crippen LogP contribution in [0.2, 0.25) is 0 Å². The molecule has 5 rings (SSSR count). The summed E-state index contributed by atoms with van der Waals surface area (Å²) in [4.78, 5) is 11.7. The molecule has 3 heterocycles. The van der Waals surface area contributed by atoms with Crippen molar-refractivity contribution >= 4 is 22.7 Å². The third-order valence-corrected chi connectivity index (χ3v) is 7.04. The van der Waals surface area contributed by atoms with Gasteiger partial charge in [0.15, 0.2) is 5.65 Å². The monoisotopic (exact) mass is 420 g/mol. The van der Waals surface area contributed by atoms with E-state index >= 15 is 0 Å². The van der Waals surface area contributed by atoms with Crippen molar-refractivity contribution < 1.29 is 4.74 Å². The lowest BCUT2D eigenvalue weighted by Gasteiger charge is -2.28. The zero-order chi connectivity index (χ0) is 21.4. The summed E-state index contributed by atoms with van der Waals surface area (Å²) in [6.45, 7) is 4.32. The summed E-state index contributed by atoms with van der Waals surface area (Å²) < 4.78 is 7.79. The van der Waals surface area contributed by atoms with Crippen LogP contribution in [0.4, 0.5) is 11.6 Å². The van der Waals surface area contributed by atoms with Gasteiger partial charge in [0.25, 0.3) is 0 Å². The van der Waals surface area contributed by atoms with Crippen LogP contribution in [0.5, 0.6) is 5.75 Å². The van der Waals surface area contributed by atoms with Crippen molar-refractivity contribution in [3.05, 3.63) is 35.7 Å². The van der Waals surface area contributed by atoms with E-state index in [9.17, 15) is 0 Å². The van der Waals surface area contributed by atoms with E-state index in [2.05, 4.69) is 51.1 Å². The van der Waals surface area contributed by atoms with E-state index in [4.69, 9.17) is 9.72 Å². The first kappa shape index (κ1) is 20.2. The Morgan fingerprint density at radius 2 is 1.97 bits per heavy atom. The summed E-state index contributed by atoms with van der Waals surface area (Å²) in [5.74, 6) is 2.28. The van der Waals surface area contributed by atoms with Crippen LogP contribution in [0, 0.1) is 5.92 Å². The largest absolute Gasteiger partial charge is 0.495 e. The fourth-order valence-corrected chi connectivity index (χ4v) is 5.08. The highest BCUT2D eigenvalue weighted by molar-refractivity contribution is 5.76. The molecule has 7 heteroatoms. The number of ether oxygens (including phenoxy) is 1. The van der Waals surface area contributed by atoms with Gasteiger partial charge in [-0.1, -0.05) is 13.3 Å². The summed E-state index contributed by atoms with van der Waals surface area (Å²) >= 11 is 0. The number of rotatable bonds is 5. The van der Waals surface area contributed by atoms with Crippen LogP contribution in [-0.4, -0.2) is 45.4 Å². The number of likely N-dealkylation sites (N-methyl/N-ethyl adjacent to an activating group) is 1. The first-order chi connectivity index (χ1) is 15.1. The molecule has 0 saturated heterocycles. The number of aromatic nitrogens is 4. The Bertz CT molecular complexity index is 1070. The van der Waals surface area contributed by atoms with Gasteiger partial charge < -0.3 is 15.0 Å². The standard InChI is InChI=1S/C24H32N6O/c1-4-16-5-7-20(8-6-16)30-23-19(14-26-30)13-25-24(28-23)27-21-11-18-15-29(2)10-9-17(18)12-22(21)31-3/h11-14,16,20H,4-10,15H2,1-3H3,(H,25,27,28). The van der Waals surface area contributed by atoms with Crippen molar-refractivity contribution in [3.8, 4) is 5.75 Å². The Hall–Kier alpha value is -2.67. The predicted octanol–water partition coefficient (Wildman–Crippen LogP) is 4.71. The van der Waals surface area contributed by atoms with Crippen LogP contribution >= 0.6 is 0 Å². The summed E-state index contributed by atoms with van der Waals surface area (Å²) in [5, 5.41) is 9.07. The molecule has 1 N–H and O–H groups in total. The van der Waals surface area contributed by atoms with E-state index in [1.807, 2.05) is 12.4 Å². The fourth-order valence-electron chi connectivity index (χ4n) is 5.08. The minimum atomic E-state index is 0.428. The molecule has 2 aromatic heterocycles. The van der Waals surface area contributed by atoms with Gasteiger partial charge in [0.2, 0.25) is 5.95 Å². The molecular weight excluding hydrogens is 388 g/mol. The van der Waals surface area contributed by atoms with E-state index in [0.29, 0.717) is 12.0 Å². The van der Waals surface area contributed by atoms with E-state index in [1.165, 1.54) is 43.2 Å². The van der Waals surface area contributed by atoms with Gasteiger partial charge >= 0.3 is 0 Å². The number of nitrogens with zero attached hydrogens (tertiary/aromatic N) is 5. The van der Waals surface area contributed by atoms with E-state index in [-0.39, 0.29) is 0 Å². The highest BCUT2D eigenvalue weighted by Crippen LogP contribution is 2.36. The Morgan fingerprint density at radius 1 is 1.13 bits per heavy atom. The molecule has 0 bridgehead atoms. The normalized spacial score (nSPS) is 21.8. The summed E-state index contributed by atoms with van der Waals surface area (Å²) in [7, 11) is 3.88. The van der Waals surface area contributed by atoms with Crippen LogP contribution in [0.15, 0.2) is 24.5 Å². The Morgan fingerprint density at radius 3 is 2.74 bits per heavy atom. The van der Waals surface area contributed by atoms with Crippen molar-refractivity contribution in [3.63, 3.8) is 0 Å². The number of anilines is 2. The maximum Gasteiger partial charge on any atom is 0.229 e. The van der Waals surface area contributed by atoms with Gasteiger partial charge in [0.05, 0.1) is 30.4 Å². The van der Waals surface area contributed by atoms with Gasteiger partial charge in [-0.05, 0) is 68.3 Å². The van der Waals surface area contributed by atoms with Gasteiger partial charge in [0.1, 0.15) is 5.75 Å². The minimum Gasteiger partial charge on any atom is -0.495 e. The quantitative estimate of drug-likeness (QED) is 0.645. The third kappa shape index (κ3) is 3.99. The van der Waals surface area contributed by atoms with Gasteiger partial charge in [-0.2, -0.15) is 10.1 Å². The second-order valence-electron chi connectivity index (χ2n) is 9.08. The lowest BCUT2D eigenvalue weighted by molar-refractivity contribution is 0.260. The molecule has 0 unspecified atom stereocenters. The van der Waals surface area contributed by atoms with Crippen LogP contribution < -0.4 is 10.1 Å².